The molecule has 4 aromatic rings. The molecule has 2 nitrogen and oxygen atoms in total. The summed E-state index contributed by atoms with van der Waals surface area (Å²) in [5.74, 6) is -3.65. The van der Waals surface area contributed by atoms with Gasteiger partial charge in [0.05, 0.1) is 6.61 Å². The SMILES string of the molecule is CCOCc1ccc(-c2ccc(CCc3ccc(-c4ccc(O)cc4)c(F)c3F)cc2)c(F)c1F. The molecule has 0 aliphatic heterocycles. The Bertz CT molecular complexity index is 1320. The van der Waals surface area contributed by atoms with E-state index in [1.807, 2.05) is 0 Å². The largest absolute Gasteiger partial charge is 0.508 e. The van der Waals surface area contributed by atoms with Crippen molar-refractivity contribution in [2.24, 2.45) is 0 Å². The molecular weight excluding hydrogens is 456 g/mol. The van der Waals surface area contributed by atoms with Crippen molar-refractivity contribution in [1.29, 1.82) is 0 Å². The number of benzene rings is 4. The highest BCUT2D eigenvalue weighted by atomic mass is 19.2. The zero-order valence-corrected chi connectivity index (χ0v) is 19.1. The third kappa shape index (κ3) is 5.38. The lowest BCUT2D eigenvalue weighted by atomic mass is 9.97. The molecule has 0 aromatic heterocycles. The zero-order chi connectivity index (χ0) is 24.9. The molecule has 0 radical (unpaired) electrons. The second-order valence-corrected chi connectivity index (χ2v) is 8.18. The van der Waals surface area contributed by atoms with Crippen molar-refractivity contribution in [2.75, 3.05) is 6.61 Å². The number of hydrogen-bond donors (Lipinski definition) is 1. The van der Waals surface area contributed by atoms with E-state index in [1.54, 1.807) is 37.3 Å². The lowest BCUT2D eigenvalue weighted by molar-refractivity contribution is 0.131. The molecule has 0 bridgehead atoms. The molecule has 0 saturated carbocycles. The van der Waals surface area contributed by atoms with Crippen LogP contribution in [0.3, 0.4) is 0 Å². The van der Waals surface area contributed by atoms with Crippen molar-refractivity contribution in [3.8, 4) is 28.0 Å². The van der Waals surface area contributed by atoms with E-state index in [0.29, 0.717) is 24.2 Å². The number of hydrogen-bond acceptors (Lipinski definition) is 2. The van der Waals surface area contributed by atoms with Crippen LogP contribution in [-0.2, 0) is 24.2 Å². The van der Waals surface area contributed by atoms with Gasteiger partial charge in [-0.2, -0.15) is 0 Å². The van der Waals surface area contributed by atoms with Crippen LogP contribution in [0, 0.1) is 23.3 Å². The highest BCUT2D eigenvalue weighted by molar-refractivity contribution is 5.66. The normalized spacial score (nSPS) is 11.1. The van der Waals surface area contributed by atoms with Crippen molar-refractivity contribution < 1.29 is 27.4 Å². The number of rotatable bonds is 8. The standard InChI is InChI=1S/C29H24F4O2/c1-2-35-17-22-12-16-25(29(33)27(22)31)19-6-3-18(4-7-19)5-8-21-11-15-24(28(32)26(21)30)20-9-13-23(34)14-10-20/h3-4,6-7,9-16,34H,2,5,8,17H2,1H3. The van der Waals surface area contributed by atoms with Gasteiger partial charge in [0, 0.05) is 23.3 Å². The number of halogens is 4. The minimum atomic E-state index is -0.936. The first kappa shape index (κ1) is 24.5. The van der Waals surface area contributed by atoms with Crippen LogP contribution in [-0.4, -0.2) is 11.7 Å². The van der Waals surface area contributed by atoms with Gasteiger partial charge in [-0.1, -0.05) is 60.7 Å². The lowest BCUT2D eigenvalue weighted by Crippen LogP contribution is -2.01. The fraction of sp³-hybridized carbons (Fsp3) is 0.172. The monoisotopic (exact) mass is 480 g/mol. The van der Waals surface area contributed by atoms with E-state index < -0.39 is 23.3 Å². The Morgan fingerprint density at radius 2 is 1.11 bits per heavy atom. The van der Waals surface area contributed by atoms with Gasteiger partial charge in [-0.3, -0.25) is 0 Å². The molecule has 35 heavy (non-hydrogen) atoms. The Kier molecular flexibility index (Phi) is 7.51. The minimum Gasteiger partial charge on any atom is -0.508 e. The van der Waals surface area contributed by atoms with E-state index in [9.17, 15) is 22.7 Å². The topological polar surface area (TPSA) is 29.5 Å². The molecule has 0 spiro atoms. The van der Waals surface area contributed by atoms with Crippen molar-refractivity contribution >= 4 is 0 Å². The molecule has 0 atom stereocenters. The maximum absolute atomic E-state index is 14.7. The molecule has 0 aliphatic rings. The molecule has 0 heterocycles. The fourth-order valence-electron chi connectivity index (χ4n) is 3.91. The van der Waals surface area contributed by atoms with Crippen LogP contribution in [0.2, 0.25) is 0 Å². The molecule has 6 heteroatoms. The molecule has 0 saturated heterocycles. The summed E-state index contributed by atoms with van der Waals surface area (Å²) >= 11 is 0. The lowest BCUT2D eigenvalue weighted by Gasteiger charge is -2.11. The number of aryl methyl sites for hydroxylation is 2. The van der Waals surface area contributed by atoms with E-state index in [2.05, 4.69) is 0 Å². The quantitative estimate of drug-likeness (QED) is 0.263. The van der Waals surface area contributed by atoms with Gasteiger partial charge >= 0.3 is 0 Å². The molecule has 1 N–H and O–H groups in total. The molecule has 4 aromatic carbocycles. The van der Waals surface area contributed by atoms with Crippen molar-refractivity contribution in [2.45, 2.75) is 26.4 Å². The fourth-order valence-corrected chi connectivity index (χ4v) is 3.91. The molecule has 0 fully saturated rings. The van der Waals surface area contributed by atoms with Crippen molar-refractivity contribution in [3.63, 3.8) is 0 Å². The van der Waals surface area contributed by atoms with E-state index in [-0.39, 0.29) is 41.0 Å². The van der Waals surface area contributed by atoms with Gasteiger partial charge in [0.1, 0.15) is 5.75 Å². The van der Waals surface area contributed by atoms with E-state index in [1.165, 1.54) is 42.5 Å². The first-order valence-electron chi connectivity index (χ1n) is 11.3. The minimum absolute atomic E-state index is 0.00550. The Morgan fingerprint density at radius 3 is 1.69 bits per heavy atom. The highest BCUT2D eigenvalue weighted by Crippen LogP contribution is 2.29. The van der Waals surface area contributed by atoms with E-state index in [0.717, 1.165) is 5.56 Å². The molecular formula is C29H24F4O2. The van der Waals surface area contributed by atoms with E-state index in [4.69, 9.17) is 4.74 Å². The summed E-state index contributed by atoms with van der Waals surface area (Å²) in [6.07, 6.45) is 0.715. The Labute approximate surface area is 201 Å². The summed E-state index contributed by atoms with van der Waals surface area (Å²) in [7, 11) is 0. The van der Waals surface area contributed by atoms with Gasteiger partial charge in [-0.25, -0.2) is 17.6 Å². The maximum atomic E-state index is 14.7. The first-order chi connectivity index (χ1) is 16.9. The van der Waals surface area contributed by atoms with Gasteiger partial charge in [-0.05, 0) is 54.2 Å². The summed E-state index contributed by atoms with van der Waals surface area (Å²) in [6, 6.07) is 18.9. The molecule has 4 rings (SSSR count). The second-order valence-electron chi connectivity index (χ2n) is 8.18. The summed E-state index contributed by atoms with van der Waals surface area (Å²) in [6.45, 7) is 2.19. The third-order valence-electron chi connectivity index (χ3n) is 5.91. The molecule has 180 valence electrons. The average Bonchev–Trinajstić information content (AvgIpc) is 2.87. The Morgan fingerprint density at radius 1 is 0.600 bits per heavy atom. The van der Waals surface area contributed by atoms with E-state index >= 15 is 0 Å². The number of phenols is 1. The zero-order valence-electron chi connectivity index (χ0n) is 19.1. The number of ether oxygens (including phenoxy) is 1. The van der Waals surface area contributed by atoms with Crippen molar-refractivity contribution in [3.05, 3.63) is 113 Å². The van der Waals surface area contributed by atoms with Crippen molar-refractivity contribution in [1.82, 2.24) is 0 Å². The van der Waals surface area contributed by atoms with Crippen LogP contribution < -0.4 is 0 Å². The highest BCUT2D eigenvalue weighted by Gasteiger charge is 2.16. The van der Waals surface area contributed by atoms with Gasteiger partial charge < -0.3 is 9.84 Å². The predicted octanol–water partition coefficient (Wildman–Crippen LogP) is 7.60. The molecule has 0 unspecified atom stereocenters. The van der Waals surface area contributed by atoms with Gasteiger partial charge in [0.25, 0.3) is 0 Å². The third-order valence-corrected chi connectivity index (χ3v) is 5.91. The van der Waals surface area contributed by atoms with Crippen LogP contribution in [0.5, 0.6) is 5.75 Å². The Hall–Kier alpha value is -3.64. The predicted molar refractivity (Wildman–Crippen MR) is 128 cm³/mol. The summed E-state index contributed by atoms with van der Waals surface area (Å²) < 4.78 is 63.5. The summed E-state index contributed by atoms with van der Waals surface area (Å²) in [4.78, 5) is 0. The molecule has 0 aliphatic carbocycles. The molecule has 0 amide bonds. The smallest absolute Gasteiger partial charge is 0.167 e. The van der Waals surface area contributed by atoms with Gasteiger partial charge in [-0.15, -0.1) is 0 Å². The van der Waals surface area contributed by atoms with Crippen LogP contribution >= 0.6 is 0 Å². The van der Waals surface area contributed by atoms with Crippen LogP contribution in [0.1, 0.15) is 23.6 Å². The number of phenolic OH excluding ortho intramolecular Hbond substituents is 1. The first-order valence-corrected chi connectivity index (χ1v) is 11.3. The number of aromatic hydroxyl groups is 1. The maximum Gasteiger partial charge on any atom is 0.167 e. The average molecular weight is 481 g/mol. The van der Waals surface area contributed by atoms with Crippen LogP contribution in [0.4, 0.5) is 17.6 Å². The van der Waals surface area contributed by atoms with Gasteiger partial charge in [0.2, 0.25) is 0 Å². The Balaban J connectivity index is 1.47. The van der Waals surface area contributed by atoms with Crippen LogP contribution in [0.25, 0.3) is 22.3 Å². The second kappa shape index (κ2) is 10.7. The summed E-state index contributed by atoms with van der Waals surface area (Å²) in [5, 5.41) is 9.39. The van der Waals surface area contributed by atoms with Crippen LogP contribution in [0.15, 0.2) is 72.8 Å². The summed E-state index contributed by atoms with van der Waals surface area (Å²) in [5.41, 5.74) is 2.51. The van der Waals surface area contributed by atoms with Gasteiger partial charge in [0.15, 0.2) is 23.3 Å².